The van der Waals surface area contributed by atoms with Crippen molar-refractivity contribution >= 4 is 17.5 Å². The van der Waals surface area contributed by atoms with Gasteiger partial charge in [0.05, 0.1) is 5.69 Å². The largest absolute Gasteiger partial charge is 0.350 e. The maximum atomic E-state index is 12.1. The van der Waals surface area contributed by atoms with E-state index in [0.29, 0.717) is 24.7 Å². The van der Waals surface area contributed by atoms with E-state index in [0.717, 1.165) is 18.5 Å². The number of aryl methyl sites for hydroxylation is 2. The predicted molar refractivity (Wildman–Crippen MR) is 72.0 cm³/mol. The van der Waals surface area contributed by atoms with Crippen LogP contribution in [0.5, 0.6) is 0 Å². The number of carbonyl (C=O) groups is 1. The third kappa shape index (κ3) is 2.86. The molecule has 5 heteroatoms. The molecule has 0 aromatic carbocycles. The van der Waals surface area contributed by atoms with E-state index >= 15 is 0 Å². The number of hydrogen-bond acceptors (Lipinski definition) is 2. The van der Waals surface area contributed by atoms with Crippen molar-refractivity contribution in [2.45, 2.75) is 45.0 Å². The number of nitrogens with one attached hydrogen (secondary N) is 1. The van der Waals surface area contributed by atoms with Crippen LogP contribution in [0.25, 0.3) is 0 Å². The Balaban J connectivity index is 1.94. The van der Waals surface area contributed by atoms with Crippen molar-refractivity contribution in [1.29, 1.82) is 0 Å². The van der Waals surface area contributed by atoms with Crippen LogP contribution in [0, 0.1) is 12.8 Å². The smallest absolute Gasteiger partial charge is 0.269 e. The Bertz CT molecular complexity index is 430. The van der Waals surface area contributed by atoms with E-state index in [1.807, 2.05) is 19.9 Å². The van der Waals surface area contributed by atoms with Crippen molar-refractivity contribution in [3.63, 3.8) is 0 Å². The standard InChI is InChI=1S/C13H20ClN3O/c1-3-17-12(7-9(2)16-17)13(18)15-8-10-5-4-6-11(10)14/h7,10-11H,3-6,8H2,1-2H3,(H,15,18). The highest BCUT2D eigenvalue weighted by Gasteiger charge is 2.26. The van der Waals surface area contributed by atoms with Crippen molar-refractivity contribution in [2.24, 2.45) is 5.92 Å². The molecule has 1 aliphatic carbocycles. The van der Waals surface area contributed by atoms with Gasteiger partial charge in [-0.2, -0.15) is 5.10 Å². The fourth-order valence-corrected chi connectivity index (χ4v) is 2.87. The molecule has 100 valence electrons. The first-order valence-corrected chi connectivity index (χ1v) is 7.02. The van der Waals surface area contributed by atoms with Gasteiger partial charge in [0.1, 0.15) is 5.69 Å². The Labute approximate surface area is 113 Å². The summed E-state index contributed by atoms with van der Waals surface area (Å²) in [7, 11) is 0. The second-order valence-corrected chi connectivity index (χ2v) is 5.46. The normalized spacial score (nSPS) is 23.3. The second-order valence-electron chi connectivity index (χ2n) is 4.90. The summed E-state index contributed by atoms with van der Waals surface area (Å²) in [5.41, 5.74) is 1.51. The van der Waals surface area contributed by atoms with Gasteiger partial charge in [-0.3, -0.25) is 9.48 Å². The minimum atomic E-state index is -0.0479. The number of nitrogens with zero attached hydrogens (tertiary/aromatic N) is 2. The zero-order valence-corrected chi connectivity index (χ0v) is 11.7. The van der Waals surface area contributed by atoms with E-state index in [-0.39, 0.29) is 11.3 Å². The molecule has 1 fully saturated rings. The molecule has 0 bridgehead atoms. The average Bonchev–Trinajstić information content (AvgIpc) is 2.92. The molecule has 1 aliphatic rings. The fraction of sp³-hybridized carbons (Fsp3) is 0.692. The van der Waals surface area contributed by atoms with Gasteiger partial charge in [0.25, 0.3) is 5.91 Å². The van der Waals surface area contributed by atoms with E-state index in [1.54, 1.807) is 4.68 Å². The zero-order valence-electron chi connectivity index (χ0n) is 10.9. The summed E-state index contributed by atoms with van der Waals surface area (Å²) >= 11 is 6.20. The molecule has 2 rings (SSSR count). The third-order valence-electron chi connectivity index (χ3n) is 3.53. The molecule has 1 heterocycles. The molecule has 1 N–H and O–H groups in total. The van der Waals surface area contributed by atoms with E-state index in [9.17, 15) is 4.79 Å². The molecular formula is C13H20ClN3O. The lowest BCUT2D eigenvalue weighted by Crippen LogP contribution is -2.32. The molecule has 0 aliphatic heterocycles. The second kappa shape index (κ2) is 5.74. The highest BCUT2D eigenvalue weighted by atomic mass is 35.5. The van der Waals surface area contributed by atoms with Crippen LogP contribution in [0.1, 0.15) is 42.4 Å². The minimum absolute atomic E-state index is 0.0479. The quantitative estimate of drug-likeness (QED) is 0.853. The first-order valence-electron chi connectivity index (χ1n) is 6.58. The minimum Gasteiger partial charge on any atom is -0.350 e. The molecule has 1 saturated carbocycles. The molecule has 2 unspecified atom stereocenters. The lowest BCUT2D eigenvalue weighted by atomic mass is 10.1. The summed E-state index contributed by atoms with van der Waals surface area (Å²) in [5, 5.41) is 7.46. The fourth-order valence-electron chi connectivity index (χ4n) is 2.51. The molecule has 1 aromatic rings. The van der Waals surface area contributed by atoms with Gasteiger partial charge in [0, 0.05) is 18.5 Å². The third-order valence-corrected chi connectivity index (χ3v) is 4.10. The SMILES string of the molecule is CCn1nc(C)cc1C(=O)NCC1CCCC1Cl. The monoisotopic (exact) mass is 269 g/mol. The Morgan fingerprint density at radius 2 is 2.39 bits per heavy atom. The van der Waals surface area contributed by atoms with Gasteiger partial charge in [0.2, 0.25) is 0 Å². The molecule has 0 saturated heterocycles. The summed E-state index contributed by atoms with van der Waals surface area (Å²) in [6.45, 7) is 5.25. The Hall–Kier alpha value is -1.03. The maximum Gasteiger partial charge on any atom is 0.269 e. The van der Waals surface area contributed by atoms with Gasteiger partial charge in [-0.25, -0.2) is 0 Å². The Morgan fingerprint density at radius 1 is 1.61 bits per heavy atom. The number of hydrogen-bond donors (Lipinski definition) is 1. The maximum absolute atomic E-state index is 12.1. The van der Waals surface area contributed by atoms with Gasteiger partial charge in [0.15, 0.2) is 0 Å². The van der Waals surface area contributed by atoms with Crippen LogP contribution in [-0.4, -0.2) is 27.6 Å². The lowest BCUT2D eigenvalue weighted by Gasteiger charge is -2.14. The molecule has 4 nitrogen and oxygen atoms in total. The van der Waals surface area contributed by atoms with Gasteiger partial charge in [-0.05, 0) is 38.7 Å². The summed E-state index contributed by atoms with van der Waals surface area (Å²) < 4.78 is 1.73. The van der Waals surface area contributed by atoms with Crippen molar-refractivity contribution in [2.75, 3.05) is 6.54 Å². The van der Waals surface area contributed by atoms with Crippen molar-refractivity contribution in [1.82, 2.24) is 15.1 Å². The van der Waals surface area contributed by atoms with Crippen LogP contribution < -0.4 is 5.32 Å². The summed E-state index contributed by atoms with van der Waals surface area (Å²) in [6, 6.07) is 1.83. The number of carbonyl (C=O) groups excluding carboxylic acids is 1. The van der Waals surface area contributed by atoms with Gasteiger partial charge >= 0.3 is 0 Å². The number of alkyl halides is 1. The van der Waals surface area contributed by atoms with Crippen LogP contribution in [0.2, 0.25) is 0 Å². The predicted octanol–water partition coefficient (Wildman–Crippen LogP) is 2.35. The van der Waals surface area contributed by atoms with E-state index < -0.39 is 0 Å². The van der Waals surface area contributed by atoms with Crippen LogP contribution >= 0.6 is 11.6 Å². The van der Waals surface area contributed by atoms with Crippen LogP contribution in [0.15, 0.2) is 6.07 Å². The molecule has 18 heavy (non-hydrogen) atoms. The lowest BCUT2D eigenvalue weighted by molar-refractivity contribution is 0.0937. The summed E-state index contributed by atoms with van der Waals surface area (Å²) in [6.07, 6.45) is 3.34. The van der Waals surface area contributed by atoms with E-state index in [1.165, 1.54) is 6.42 Å². The first kappa shape index (κ1) is 13.4. The van der Waals surface area contributed by atoms with Crippen molar-refractivity contribution in [3.05, 3.63) is 17.5 Å². The van der Waals surface area contributed by atoms with Crippen LogP contribution in [-0.2, 0) is 6.54 Å². The number of amides is 1. The highest BCUT2D eigenvalue weighted by Crippen LogP contribution is 2.29. The molecule has 2 atom stereocenters. The Kier molecular flexibility index (Phi) is 4.27. The number of rotatable bonds is 4. The van der Waals surface area contributed by atoms with E-state index in [2.05, 4.69) is 10.4 Å². The summed E-state index contributed by atoms with van der Waals surface area (Å²) in [5.74, 6) is 0.364. The van der Waals surface area contributed by atoms with Crippen LogP contribution in [0.4, 0.5) is 0 Å². The van der Waals surface area contributed by atoms with Crippen LogP contribution in [0.3, 0.4) is 0 Å². The highest BCUT2D eigenvalue weighted by molar-refractivity contribution is 6.21. The van der Waals surface area contributed by atoms with Gasteiger partial charge < -0.3 is 5.32 Å². The molecular weight excluding hydrogens is 250 g/mol. The Morgan fingerprint density at radius 3 is 3.00 bits per heavy atom. The molecule has 0 spiro atoms. The van der Waals surface area contributed by atoms with E-state index in [4.69, 9.17) is 11.6 Å². The van der Waals surface area contributed by atoms with Crippen molar-refractivity contribution < 1.29 is 4.79 Å². The zero-order chi connectivity index (χ0) is 13.1. The number of aromatic nitrogens is 2. The number of halogens is 1. The van der Waals surface area contributed by atoms with Crippen molar-refractivity contribution in [3.8, 4) is 0 Å². The van der Waals surface area contributed by atoms with Gasteiger partial charge in [-0.1, -0.05) is 6.42 Å². The molecule has 0 radical (unpaired) electrons. The topological polar surface area (TPSA) is 46.9 Å². The molecule has 1 aromatic heterocycles. The average molecular weight is 270 g/mol. The summed E-state index contributed by atoms with van der Waals surface area (Å²) in [4.78, 5) is 12.1. The first-order chi connectivity index (χ1) is 8.61. The molecule has 1 amide bonds. The van der Waals surface area contributed by atoms with Gasteiger partial charge in [-0.15, -0.1) is 11.6 Å².